The predicted octanol–water partition coefficient (Wildman–Crippen LogP) is 2.41. The Hall–Kier alpha value is -2.14. The maximum absolute atomic E-state index is 11.9. The van der Waals surface area contributed by atoms with Crippen LogP contribution in [0.3, 0.4) is 0 Å². The molecule has 0 radical (unpaired) electrons. The van der Waals surface area contributed by atoms with E-state index >= 15 is 0 Å². The van der Waals surface area contributed by atoms with Crippen molar-refractivity contribution in [3.63, 3.8) is 0 Å². The van der Waals surface area contributed by atoms with E-state index < -0.39 is 0 Å². The van der Waals surface area contributed by atoms with Crippen LogP contribution < -0.4 is 10.9 Å². The van der Waals surface area contributed by atoms with Crippen molar-refractivity contribution in [1.82, 2.24) is 9.38 Å². The molecule has 0 aliphatic heterocycles. The smallest absolute Gasteiger partial charge is 0.259 e. The summed E-state index contributed by atoms with van der Waals surface area (Å²) in [5.41, 5.74) is 0.595. The first-order valence-electron chi connectivity index (χ1n) is 6.08. The Labute approximate surface area is 114 Å². The van der Waals surface area contributed by atoms with E-state index in [4.69, 9.17) is 0 Å². The van der Waals surface area contributed by atoms with Crippen molar-refractivity contribution in [2.24, 2.45) is 0 Å². The van der Waals surface area contributed by atoms with Gasteiger partial charge in [-0.25, -0.2) is 4.98 Å². The van der Waals surface area contributed by atoms with Crippen molar-refractivity contribution in [3.8, 4) is 0 Å². The molecule has 3 heterocycles. The van der Waals surface area contributed by atoms with Crippen LogP contribution in [0.5, 0.6) is 0 Å². The second-order valence-electron chi connectivity index (χ2n) is 4.16. The van der Waals surface area contributed by atoms with Gasteiger partial charge >= 0.3 is 0 Å². The average Bonchev–Trinajstić information content (AvgIpc) is 2.92. The first kappa shape index (κ1) is 11.9. The molecule has 0 spiro atoms. The molecular weight excluding hydrogens is 258 g/mol. The molecule has 96 valence electrons. The standard InChI is InChI=1S/C14H13N3OS/c18-14-10-12(15-7-6-11-4-3-9-19-11)16-13-5-1-2-8-17(13)14/h1-5,8-10,15H,6-7H2. The van der Waals surface area contributed by atoms with Gasteiger partial charge in [-0.05, 0) is 30.0 Å². The van der Waals surface area contributed by atoms with Gasteiger partial charge in [-0.2, -0.15) is 0 Å². The SMILES string of the molecule is O=c1cc(NCCc2cccs2)nc2ccccn12. The molecule has 19 heavy (non-hydrogen) atoms. The van der Waals surface area contributed by atoms with Crippen LogP contribution in [0.15, 0.2) is 52.8 Å². The Balaban J connectivity index is 1.76. The number of anilines is 1. The molecule has 5 heteroatoms. The highest BCUT2D eigenvalue weighted by atomic mass is 32.1. The van der Waals surface area contributed by atoms with Gasteiger partial charge in [0.15, 0.2) is 0 Å². The van der Waals surface area contributed by atoms with Gasteiger partial charge in [0.25, 0.3) is 5.56 Å². The van der Waals surface area contributed by atoms with Crippen molar-refractivity contribution in [2.45, 2.75) is 6.42 Å². The summed E-state index contributed by atoms with van der Waals surface area (Å²) in [6.45, 7) is 0.774. The largest absolute Gasteiger partial charge is 0.369 e. The summed E-state index contributed by atoms with van der Waals surface area (Å²) in [7, 11) is 0. The topological polar surface area (TPSA) is 46.4 Å². The number of aromatic nitrogens is 2. The predicted molar refractivity (Wildman–Crippen MR) is 78.0 cm³/mol. The number of nitrogens with one attached hydrogen (secondary N) is 1. The Bertz CT molecular complexity index is 734. The molecule has 4 nitrogen and oxygen atoms in total. The number of fused-ring (bicyclic) bond motifs is 1. The van der Waals surface area contributed by atoms with Crippen molar-refractivity contribution >= 4 is 22.8 Å². The zero-order valence-corrected chi connectivity index (χ0v) is 11.1. The van der Waals surface area contributed by atoms with Crippen molar-refractivity contribution in [1.29, 1.82) is 0 Å². The van der Waals surface area contributed by atoms with Gasteiger partial charge in [-0.15, -0.1) is 11.3 Å². The molecule has 0 aliphatic carbocycles. The highest BCUT2D eigenvalue weighted by molar-refractivity contribution is 7.09. The summed E-state index contributed by atoms with van der Waals surface area (Å²) in [5.74, 6) is 0.632. The van der Waals surface area contributed by atoms with Crippen LogP contribution in [0.4, 0.5) is 5.82 Å². The summed E-state index contributed by atoms with van der Waals surface area (Å²) in [6.07, 6.45) is 2.66. The van der Waals surface area contributed by atoms with Crippen LogP contribution in [0.2, 0.25) is 0 Å². The van der Waals surface area contributed by atoms with E-state index in [-0.39, 0.29) is 5.56 Å². The molecule has 3 rings (SSSR count). The van der Waals surface area contributed by atoms with Gasteiger partial charge in [-0.3, -0.25) is 9.20 Å². The highest BCUT2D eigenvalue weighted by Crippen LogP contribution is 2.09. The second-order valence-corrected chi connectivity index (χ2v) is 5.20. The lowest BCUT2D eigenvalue weighted by Gasteiger charge is -2.06. The average molecular weight is 271 g/mol. The maximum atomic E-state index is 11.9. The minimum atomic E-state index is -0.0655. The molecule has 0 atom stereocenters. The van der Waals surface area contributed by atoms with E-state index in [1.54, 1.807) is 17.5 Å². The zero-order chi connectivity index (χ0) is 13.1. The van der Waals surface area contributed by atoms with Crippen molar-refractivity contribution < 1.29 is 0 Å². The molecule has 0 fully saturated rings. The molecule has 0 unspecified atom stereocenters. The summed E-state index contributed by atoms with van der Waals surface area (Å²) < 4.78 is 1.53. The minimum absolute atomic E-state index is 0.0655. The molecule has 3 aromatic heterocycles. The van der Waals surface area contributed by atoms with Gasteiger partial charge in [-0.1, -0.05) is 12.1 Å². The van der Waals surface area contributed by atoms with Gasteiger partial charge in [0.1, 0.15) is 11.5 Å². The summed E-state index contributed by atoms with van der Waals surface area (Å²) in [4.78, 5) is 17.6. The lowest BCUT2D eigenvalue weighted by molar-refractivity contribution is 0.999. The molecule has 0 aliphatic rings. The van der Waals surface area contributed by atoms with Crippen LogP contribution in [0.1, 0.15) is 4.88 Å². The fourth-order valence-corrected chi connectivity index (χ4v) is 2.62. The molecule has 0 saturated heterocycles. The van der Waals surface area contributed by atoms with Crippen LogP contribution >= 0.6 is 11.3 Å². The first-order chi connectivity index (χ1) is 9.33. The van der Waals surface area contributed by atoms with E-state index in [0.717, 1.165) is 13.0 Å². The van der Waals surface area contributed by atoms with Crippen LogP contribution in [0.25, 0.3) is 5.65 Å². The molecule has 0 saturated carbocycles. The minimum Gasteiger partial charge on any atom is -0.369 e. The summed E-state index contributed by atoms with van der Waals surface area (Å²) in [6, 6.07) is 11.2. The zero-order valence-electron chi connectivity index (χ0n) is 10.2. The first-order valence-corrected chi connectivity index (χ1v) is 6.95. The van der Waals surface area contributed by atoms with E-state index in [1.165, 1.54) is 15.3 Å². The molecule has 1 N–H and O–H groups in total. The van der Waals surface area contributed by atoms with Crippen LogP contribution in [-0.4, -0.2) is 15.9 Å². The second kappa shape index (κ2) is 5.24. The summed E-state index contributed by atoms with van der Waals surface area (Å²) >= 11 is 1.74. The molecule has 0 amide bonds. The van der Waals surface area contributed by atoms with E-state index in [1.807, 2.05) is 24.3 Å². The lowest BCUT2D eigenvalue weighted by Crippen LogP contribution is -2.16. The highest BCUT2D eigenvalue weighted by Gasteiger charge is 2.01. The number of hydrogen-bond donors (Lipinski definition) is 1. The van der Waals surface area contributed by atoms with Crippen LogP contribution in [-0.2, 0) is 6.42 Å². The third-order valence-electron chi connectivity index (χ3n) is 2.83. The van der Waals surface area contributed by atoms with Crippen molar-refractivity contribution in [3.05, 3.63) is 63.2 Å². The molecule has 3 aromatic rings. The van der Waals surface area contributed by atoms with Crippen LogP contribution in [0, 0.1) is 0 Å². The third-order valence-corrected chi connectivity index (χ3v) is 3.76. The fourth-order valence-electron chi connectivity index (χ4n) is 1.91. The van der Waals surface area contributed by atoms with Gasteiger partial charge in [0.05, 0.1) is 0 Å². The number of nitrogens with zero attached hydrogens (tertiary/aromatic N) is 2. The Morgan fingerprint density at radius 1 is 1.26 bits per heavy atom. The van der Waals surface area contributed by atoms with Crippen molar-refractivity contribution in [2.75, 3.05) is 11.9 Å². The quantitative estimate of drug-likeness (QED) is 0.792. The van der Waals surface area contributed by atoms with E-state index in [2.05, 4.69) is 21.7 Å². The lowest BCUT2D eigenvalue weighted by atomic mass is 10.3. The fraction of sp³-hybridized carbons (Fsp3) is 0.143. The van der Waals surface area contributed by atoms with E-state index in [9.17, 15) is 4.79 Å². The molecular formula is C14H13N3OS. The van der Waals surface area contributed by atoms with Gasteiger partial charge < -0.3 is 5.32 Å². The third kappa shape index (κ3) is 2.66. The van der Waals surface area contributed by atoms with Gasteiger partial charge in [0.2, 0.25) is 0 Å². The number of rotatable bonds is 4. The normalized spacial score (nSPS) is 10.7. The maximum Gasteiger partial charge on any atom is 0.259 e. The Morgan fingerprint density at radius 2 is 2.21 bits per heavy atom. The summed E-state index contributed by atoms with van der Waals surface area (Å²) in [5, 5.41) is 5.26. The van der Waals surface area contributed by atoms with E-state index in [0.29, 0.717) is 11.5 Å². The number of hydrogen-bond acceptors (Lipinski definition) is 4. The Morgan fingerprint density at radius 3 is 3.05 bits per heavy atom. The number of thiophene rings is 1. The number of pyridine rings is 1. The molecule has 0 aromatic carbocycles. The molecule has 0 bridgehead atoms. The van der Waals surface area contributed by atoms with Gasteiger partial charge in [0, 0.05) is 23.7 Å². The Kier molecular flexibility index (Phi) is 3.29. The monoisotopic (exact) mass is 271 g/mol.